The monoisotopic (exact) mass is 477 g/mol. The van der Waals surface area contributed by atoms with E-state index in [-0.39, 0.29) is 0 Å². The van der Waals surface area contributed by atoms with Gasteiger partial charge in [-0.25, -0.2) is 14.5 Å². The van der Waals surface area contributed by atoms with E-state index in [9.17, 15) is 13.2 Å². The van der Waals surface area contributed by atoms with Gasteiger partial charge in [-0.1, -0.05) is 0 Å². The molecule has 152 valence electrons. The standard InChI is InChI=1S/C17H10BrN5.C2HF3O2/c18-15-7-11(8-19)1-2-16(15)23-10-12(9-22-23)13-3-5-20-17-14(13)4-6-21-17;3-2(4,5)1(6)7/h1-7,9-10H,(H,20,21);(H,6,7). The molecule has 0 aliphatic heterocycles. The van der Waals surface area contributed by atoms with E-state index >= 15 is 0 Å². The number of aromatic amines is 1. The molecule has 0 saturated carbocycles. The Hall–Kier alpha value is -3.65. The molecule has 4 rings (SSSR count). The van der Waals surface area contributed by atoms with Gasteiger partial charge in [-0.05, 0) is 51.8 Å². The van der Waals surface area contributed by atoms with Crippen molar-refractivity contribution in [1.29, 1.82) is 5.26 Å². The Kier molecular flexibility index (Phi) is 5.89. The summed E-state index contributed by atoms with van der Waals surface area (Å²) in [5.74, 6) is -2.76. The number of H-pyrrole nitrogens is 1. The van der Waals surface area contributed by atoms with E-state index in [1.807, 2.05) is 36.8 Å². The summed E-state index contributed by atoms with van der Waals surface area (Å²) in [6.45, 7) is 0. The highest BCUT2D eigenvalue weighted by atomic mass is 79.9. The van der Waals surface area contributed by atoms with E-state index in [4.69, 9.17) is 15.2 Å². The van der Waals surface area contributed by atoms with Crippen LogP contribution >= 0.6 is 15.9 Å². The minimum absolute atomic E-state index is 0.608. The molecule has 0 radical (unpaired) electrons. The van der Waals surface area contributed by atoms with Crippen molar-refractivity contribution in [2.45, 2.75) is 6.18 Å². The first kappa shape index (κ1) is 21.1. The summed E-state index contributed by atoms with van der Waals surface area (Å²) in [6.07, 6.45) is 2.37. The molecule has 3 heterocycles. The molecule has 3 aromatic heterocycles. The first-order chi connectivity index (χ1) is 14.2. The van der Waals surface area contributed by atoms with Gasteiger partial charge in [0.2, 0.25) is 0 Å². The molecule has 0 saturated heterocycles. The van der Waals surface area contributed by atoms with E-state index in [0.717, 1.165) is 32.3 Å². The SMILES string of the molecule is N#Cc1ccc(-n2cc(-c3ccnc4[nH]ccc34)cn2)c(Br)c1.O=C(O)C(F)(F)F. The van der Waals surface area contributed by atoms with Crippen molar-refractivity contribution in [3.05, 3.63) is 65.2 Å². The second kappa shape index (κ2) is 8.38. The van der Waals surface area contributed by atoms with E-state index in [2.05, 4.69) is 37.1 Å². The molecule has 30 heavy (non-hydrogen) atoms. The number of halogens is 4. The average Bonchev–Trinajstić information content (AvgIpc) is 3.37. The number of carbonyl (C=O) groups is 1. The van der Waals surface area contributed by atoms with Crippen LogP contribution in [0.5, 0.6) is 0 Å². The lowest BCUT2D eigenvalue weighted by molar-refractivity contribution is -0.192. The fraction of sp³-hybridized carbons (Fsp3) is 0.0526. The van der Waals surface area contributed by atoms with Crippen molar-refractivity contribution in [1.82, 2.24) is 19.7 Å². The molecule has 4 aromatic rings. The smallest absolute Gasteiger partial charge is 0.475 e. The van der Waals surface area contributed by atoms with E-state index in [1.54, 1.807) is 23.0 Å². The van der Waals surface area contributed by atoms with E-state index in [1.165, 1.54) is 0 Å². The number of nitrogens with zero attached hydrogens (tertiary/aromatic N) is 4. The predicted molar refractivity (Wildman–Crippen MR) is 105 cm³/mol. The number of aromatic nitrogens is 4. The number of nitrogens with one attached hydrogen (secondary N) is 1. The Morgan fingerprint density at radius 1 is 1.27 bits per heavy atom. The summed E-state index contributed by atoms with van der Waals surface area (Å²) >= 11 is 3.50. The fourth-order valence-electron chi connectivity index (χ4n) is 2.57. The summed E-state index contributed by atoms with van der Waals surface area (Å²) in [5.41, 5.74) is 4.43. The Bertz CT molecular complexity index is 1260. The average molecular weight is 478 g/mol. The van der Waals surface area contributed by atoms with Crippen molar-refractivity contribution < 1.29 is 23.1 Å². The van der Waals surface area contributed by atoms with Gasteiger partial charge in [0.15, 0.2) is 0 Å². The summed E-state index contributed by atoms with van der Waals surface area (Å²) in [4.78, 5) is 16.3. The number of hydrogen-bond acceptors (Lipinski definition) is 4. The number of hydrogen-bond donors (Lipinski definition) is 2. The van der Waals surface area contributed by atoms with E-state index < -0.39 is 12.1 Å². The van der Waals surface area contributed by atoms with Crippen molar-refractivity contribution in [2.75, 3.05) is 0 Å². The Labute approximate surface area is 175 Å². The molecule has 0 amide bonds. The number of benzene rings is 1. The fourth-order valence-corrected chi connectivity index (χ4v) is 3.13. The maximum atomic E-state index is 10.6. The number of aliphatic carboxylic acids is 1. The highest BCUT2D eigenvalue weighted by molar-refractivity contribution is 9.10. The van der Waals surface area contributed by atoms with Crippen LogP contribution in [0, 0.1) is 11.3 Å². The van der Waals surface area contributed by atoms with Gasteiger partial charge >= 0.3 is 12.1 Å². The van der Waals surface area contributed by atoms with Crippen LogP contribution in [0.4, 0.5) is 13.2 Å². The van der Waals surface area contributed by atoms with Gasteiger partial charge in [-0.2, -0.15) is 23.5 Å². The van der Waals surface area contributed by atoms with Gasteiger partial charge in [-0.15, -0.1) is 0 Å². The highest BCUT2D eigenvalue weighted by Gasteiger charge is 2.38. The minimum Gasteiger partial charge on any atom is -0.475 e. The summed E-state index contributed by atoms with van der Waals surface area (Å²) in [6, 6.07) is 11.5. The van der Waals surface area contributed by atoms with Crippen molar-refractivity contribution >= 4 is 32.9 Å². The maximum absolute atomic E-state index is 10.6. The quantitative estimate of drug-likeness (QED) is 0.435. The zero-order valence-corrected chi connectivity index (χ0v) is 16.4. The molecular weight excluding hydrogens is 467 g/mol. The molecule has 1 aromatic carbocycles. The van der Waals surface area contributed by atoms with Gasteiger partial charge in [0.1, 0.15) is 5.65 Å². The van der Waals surface area contributed by atoms with Gasteiger partial charge in [0.25, 0.3) is 0 Å². The number of alkyl halides is 3. The molecule has 0 aliphatic carbocycles. The molecule has 0 spiro atoms. The lowest BCUT2D eigenvalue weighted by Crippen LogP contribution is -2.21. The second-order valence-corrected chi connectivity index (χ2v) is 6.71. The predicted octanol–water partition coefficient (Wildman–Crippen LogP) is 4.68. The highest BCUT2D eigenvalue weighted by Crippen LogP contribution is 2.28. The summed E-state index contributed by atoms with van der Waals surface area (Å²) in [5, 5.41) is 21.6. The molecule has 0 bridgehead atoms. The summed E-state index contributed by atoms with van der Waals surface area (Å²) < 4.78 is 34.4. The third-order valence-electron chi connectivity index (χ3n) is 3.92. The van der Waals surface area contributed by atoms with Crippen molar-refractivity contribution in [3.8, 4) is 22.9 Å². The van der Waals surface area contributed by atoms with Crippen LogP contribution < -0.4 is 0 Å². The topological polar surface area (TPSA) is 108 Å². The Balaban J connectivity index is 0.000000318. The largest absolute Gasteiger partial charge is 0.490 e. The van der Waals surface area contributed by atoms with Gasteiger partial charge in [0.05, 0.1) is 23.5 Å². The Morgan fingerprint density at radius 2 is 2.00 bits per heavy atom. The van der Waals surface area contributed by atoms with Crippen LogP contribution in [-0.2, 0) is 4.79 Å². The van der Waals surface area contributed by atoms with E-state index in [0.29, 0.717) is 5.56 Å². The molecule has 7 nitrogen and oxygen atoms in total. The zero-order chi connectivity index (χ0) is 21.9. The number of rotatable bonds is 2. The first-order valence-electron chi connectivity index (χ1n) is 8.18. The first-order valence-corrected chi connectivity index (χ1v) is 8.97. The number of nitriles is 1. The van der Waals surface area contributed by atoms with Crippen LogP contribution in [0.15, 0.2) is 59.6 Å². The van der Waals surface area contributed by atoms with Gasteiger partial charge in [0, 0.05) is 34.0 Å². The third-order valence-corrected chi connectivity index (χ3v) is 4.56. The molecule has 11 heteroatoms. The van der Waals surface area contributed by atoms with Crippen LogP contribution in [0.25, 0.3) is 27.8 Å². The van der Waals surface area contributed by atoms with Gasteiger partial charge < -0.3 is 10.1 Å². The molecule has 2 N–H and O–H groups in total. The lowest BCUT2D eigenvalue weighted by atomic mass is 10.1. The summed E-state index contributed by atoms with van der Waals surface area (Å²) in [7, 11) is 0. The molecule has 0 aliphatic rings. The molecule has 0 unspecified atom stereocenters. The lowest BCUT2D eigenvalue weighted by Gasteiger charge is -2.04. The van der Waals surface area contributed by atoms with Crippen molar-refractivity contribution in [2.24, 2.45) is 0 Å². The van der Waals surface area contributed by atoms with Crippen LogP contribution in [0.1, 0.15) is 5.56 Å². The number of fused-ring (bicyclic) bond motifs is 1. The van der Waals surface area contributed by atoms with Crippen LogP contribution in [-0.4, -0.2) is 37.0 Å². The maximum Gasteiger partial charge on any atom is 0.490 e. The number of carboxylic acid groups (broad SMARTS) is 1. The molecule has 0 atom stereocenters. The normalized spacial score (nSPS) is 10.9. The van der Waals surface area contributed by atoms with Crippen LogP contribution in [0.3, 0.4) is 0 Å². The Morgan fingerprint density at radius 3 is 2.63 bits per heavy atom. The minimum atomic E-state index is -5.08. The van der Waals surface area contributed by atoms with Crippen LogP contribution in [0.2, 0.25) is 0 Å². The second-order valence-electron chi connectivity index (χ2n) is 5.85. The van der Waals surface area contributed by atoms with Crippen molar-refractivity contribution in [3.63, 3.8) is 0 Å². The number of pyridine rings is 1. The molecule has 0 fully saturated rings. The van der Waals surface area contributed by atoms with Gasteiger partial charge in [-0.3, -0.25) is 0 Å². The number of carboxylic acids is 1. The third kappa shape index (κ3) is 4.49. The molecular formula is C19H11BrF3N5O2. The zero-order valence-electron chi connectivity index (χ0n) is 14.9.